The summed E-state index contributed by atoms with van der Waals surface area (Å²) >= 11 is 6.20. The number of amides is 1. The molecule has 0 spiro atoms. The maximum absolute atomic E-state index is 12.9. The molecule has 0 bridgehead atoms. The van der Waals surface area contributed by atoms with Crippen LogP contribution in [0.25, 0.3) is 6.08 Å². The third kappa shape index (κ3) is 7.49. The predicted molar refractivity (Wildman–Crippen MR) is 151 cm³/mol. The van der Waals surface area contributed by atoms with Gasteiger partial charge in [-0.05, 0) is 73.5 Å². The largest absolute Gasteiger partial charge is 0.489 e. The smallest absolute Gasteiger partial charge is 0.266 e. The highest BCUT2D eigenvalue weighted by Gasteiger charge is 2.13. The molecule has 0 fully saturated rings. The first kappa shape index (κ1) is 26.5. The zero-order valence-electron chi connectivity index (χ0n) is 21.2. The summed E-state index contributed by atoms with van der Waals surface area (Å²) < 4.78 is 11.8. The summed E-state index contributed by atoms with van der Waals surface area (Å²) in [5, 5.41) is 12.9. The fourth-order valence-electron chi connectivity index (χ4n) is 3.71. The van der Waals surface area contributed by atoms with Crippen LogP contribution in [0.2, 0.25) is 5.02 Å². The molecule has 0 aromatic heterocycles. The normalized spacial score (nSPS) is 10.9. The van der Waals surface area contributed by atoms with Crippen molar-refractivity contribution in [3.63, 3.8) is 0 Å². The number of halogens is 1. The van der Waals surface area contributed by atoms with Gasteiger partial charge >= 0.3 is 0 Å². The Morgan fingerprint density at radius 1 is 0.868 bits per heavy atom. The lowest BCUT2D eigenvalue weighted by atomic mass is 10.1. The first-order valence-corrected chi connectivity index (χ1v) is 12.5. The third-order valence-electron chi connectivity index (χ3n) is 5.75. The average molecular weight is 523 g/mol. The summed E-state index contributed by atoms with van der Waals surface area (Å²) in [6.07, 6.45) is 1.48. The van der Waals surface area contributed by atoms with Gasteiger partial charge in [0.15, 0.2) is 0 Å². The Morgan fingerprint density at radius 2 is 1.61 bits per heavy atom. The average Bonchev–Trinajstić information content (AvgIpc) is 2.91. The molecule has 0 aliphatic carbocycles. The summed E-state index contributed by atoms with van der Waals surface area (Å²) in [5.74, 6) is 0.658. The number of hydrogen-bond acceptors (Lipinski definition) is 4. The highest BCUT2D eigenvalue weighted by atomic mass is 35.5. The monoisotopic (exact) mass is 522 g/mol. The maximum Gasteiger partial charge on any atom is 0.266 e. The Morgan fingerprint density at radius 3 is 2.32 bits per heavy atom. The van der Waals surface area contributed by atoms with Crippen LogP contribution in [0, 0.1) is 25.2 Å². The number of carbonyl (C=O) groups excluding carboxylic acids is 1. The Bertz CT molecular complexity index is 1490. The summed E-state index contributed by atoms with van der Waals surface area (Å²) in [7, 11) is 0. The molecule has 0 aliphatic heterocycles. The third-order valence-corrected chi connectivity index (χ3v) is 5.99. The summed E-state index contributed by atoms with van der Waals surface area (Å²) in [6.45, 7) is 4.85. The number of rotatable bonds is 9. The van der Waals surface area contributed by atoms with E-state index in [0.29, 0.717) is 41.0 Å². The van der Waals surface area contributed by atoms with Crippen molar-refractivity contribution in [1.29, 1.82) is 5.26 Å². The number of benzene rings is 4. The zero-order valence-corrected chi connectivity index (χ0v) is 22.0. The Kier molecular flexibility index (Phi) is 8.81. The van der Waals surface area contributed by atoms with Gasteiger partial charge in [0, 0.05) is 16.3 Å². The Balaban J connectivity index is 1.42. The molecule has 5 nitrogen and oxygen atoms in total. The molecule has 6 heteroatoms. The van der Waals surface area contributed by atoms with Crippen LogP contribution in [-0.4, -0.2) is 5.91 Å². The van der Waals surface area contributed by atoms with E-state index in [0.717, 1.165) is 16.7 Å². The van der Waals surface area contributed by atoms with E-state index in [1.165, 1.54) is 11.6 Å². The number of carbonyl (C=O) groups is 1. The van der Waals surface area contributed by atoms with E-state index < -0.39 is 5.91 Å². The van der Waals surface area contributed by atoms with Crippen molar-refractivity contribution < 1.29 is 14.3 Å². The molecule has 0 aliphatic rings. The molecule has 4 rings (SSSR count). The van der Waals surface area contributed by atoms with Gasteiger partial charge in [0.05, 0.1) is 0 Å². The zero-order chi connectivity index (χ0) is 26.9. The molecule has 1 amide bonds. The van der Waals surface area contributed by atoms with Crippen molar-refractivity contribution in [3.8, 4) is 17.6 Å². The molecule has 0 saturated carbocycles. The standard InChI is InChI=1S/C32H27ClN2O3/c1-22-6-8-24(9-7-22)20-37-30-13-11-29(12-14-30)35-32(36)27(19-34)17-26-18-28(33)10-15-31(26)38-21-25-5-3-4-23(2)16-25/h3-18H,20-21H2,1-2H3,(H,35,36)/b27-17+. The minimum Gasteiger partial charge on any atom is -0.489 e. The van der Waals surface area contributed by atoms with Gasteiger partial charge in [-0.25, -0.2) is 0 Å². The van der Waals surface area contributed by atoms with Crippen LogP contribution in [-0.2, 0) is 18.0 Å². The van der Waals surface area contributed by atoms with Crippen molar-refractivity contribution >= 4 is 29.3 Å². The van der Waals surface area contributed by atoms with Gasteiger partial charge in [-0.1, -0.05) is 71.3 Å². The molecule has 38 heavy (non-hydrogen) atoms. The molecule has 0 saturated heterocycles. The number of hydrogen-bond donors (Lipinski definition) is 1. The van der Waals surface area contributed by atoms with E-state index in [1.54, 1.807) is 42.5 Å². The van der Waals surface area contributed by atoms with E-state index in [1.807, 2.05) is 68.4 Å². The summed E-state index contributed by atoms with van der Waals surface area (Å²) in [4.78, 5) is 12.9. The molecule has 1 N–H and O–H groups in total. The second-order valence-corrected chi connectivity index (χ2v) is 9.32. The van der Waals surface area contributed by atoms with Gasteiger partial charge < -0.3 is 14.8 Å². The van der Waals surface area contributed by atoms with Crippen molar-refractivity contribution in [2.75, 3.05) is 5.32 Å². The van der Waals surface area contributed by atoms with E-state index in [-0.39, 0.29) is 5.57 Å². The minimum atomic E-state index is -0.537. The molecule has 4 aromatic carbocycles. The quantitative estimate of drug-likeness (QED) is 0.181. The summed E-state index contributed by atoms with van der Waals surface area (Å²) in [5.41, 5.74) is 5.42. The van der Waals surface area contributed by atoms with Crippen LogP contribution in [0.1, 0.15) is 27.8 Å². The number of nitrogens with zero attached hydrogens (tertiary/aromatic N) is 1. The lowest BCUT2D eigenvalue weighted by Gasteiger charge is -2.11. The molecule has 0 atom stereocenters. The fourth-order valence-corrected chi connectivity index (χ4v) is 3.90. The lowest BCUT2D eigenvalue weighted by Crippen LogP contribution is -2.13. The Labute approximate surface area is 227 Å². The van der Waals surface area contributed by atoms with Crippen LogP contribution >= 0.6 is 11.6 Å². The first-order chi connectivity index (χ1) is 18.4. The minimum absolute atomic E-state index is 0.0765. The first-order valence-electron chi connectivity index (χ1n) is 12.1. The molecule has 0 unspecified atom stereocenters. The number of ether oxygens (including phenoxy) is 2. The van der Waals surface area contributed by atoms with Gasteiger partial charge in [-0.3, -0.25) is 4.79 Å². The molecule has 0 heterocycles. The van der Waals surface area contributed by atoms with Gasteiger partial charge in [0.2, 0.25) is 0 Å². The van der Waals surface area contributed by atoms with Crippen molar-refractivity contribution in [2.45, 2.75) is 27.1 Å². The van der Waals surface area contributed by atoms with Crippen molar-refractivity contribution in [3.05, 3.63) is 129 Å². The topological polar surface area (TPSA) is 71.3 Å². The molecular weight excluding hydrogens is 496 g/mol. The number of aryl methyl sites for hydroxylation is 2. The summed E-state index contributed by atoms with van der Waals surface area (Å²) in [6, 6.07) is 30.2. The second-order valence-electron chi connectivity index (χ2n) is 8.88. The van der Waals surface area contributed by atoms with Crippen molar-refractivity contribution in [2.24, 2.45) is 0 Å². The molecule has 0 radical (unpaired) electrons. The van der Waals surface area contributed by atoms with Crippen LogP contribution in [0.3, 0.4) is 0 Å². The van der Waals surface area contributed by atoms with Gasteiger partial charge in [-0.2, -0.15) is 5.26 Å². The van der Waals surface area contributed by atoms with E-state index in [2.05, 4.69) is 5.32 Å². The van der Waals surface area contributed by atoms with Gasteiger partial charge in [0.1, 0.15) is 36.4 Å². The number of nitrogens with one attached hydrogen (secondary N) is 1. The van der Waals surface area contributed by atoms with E-state index in [4.69, 9.17) is 21.1 Å². The van der Waals surface area contributed by atoms with Crippen LogP contribution in [0.5, 0.6) is 11.5 Å². The van der Waals surface area contributed by atoms with Crippen LogP contribution in [0.15, 0.2) is 96.6 Å². The fraction of sp³-hybridized carbons (Fsp3) is 0.125. The highest BCUT2D eigenvalue weighted by Crippen LogP contribution is 2.27. The van der Waals surface area contributed by atoms with Crippen molar-refractivity contribution in [1.82, 2.24) is 0 Å². The van der Waals surface area contributed by atoms with E-state index >= 15 is 0 Å². The molecule has 4 aromatic rings. The second kappa shape index (κ2) is 12.6. The van der Waals surface area contributed by atoms with Gasteiger partial charge in [-0.15, -0.1) is 0 Å². The maximum atomic E-state index is 12.9. The van der Waals surface area contributed by atoms with Gasteiger partial charge in [0.25, 0.3) is 5.91 Å². The highest BCUT2D eigenvalue weighted by molar-refractivity contribution is 6.30. The van der Waals surface area contributed by atoms with E-state index in [9.17, 15) is 10.1 Å². The predicted octanol–water partition coefficient (Wildman–Crippen LogP) is 7.66. The molecular formula is C32H27ClN2O3. The van der Waals surface area contributed by atoms with Crippen LogP contribution < -0.4 is 14.8 Å². The number of anilines is 1. The van der Waals surface area contributed by atoms with Crippen LogP contribution in [0.4, 0.5) is 5.69 Å². The Hall–Kier alpha value is -4.53. The lowest BCUT2D eigenvalue weighted by molar-refractivity contribution is -0.112. The molecule has 190 valence electrons. The number of nitriles is 1. The SMILES string of the molecule is Cc1ccc(COc2ccc(NC(=O)/C(C#N)=C/c3cc(Cl)ccc3OCc3cccc(C)c3)cc2)cc1.